The largest absolute Gasteiger partial charge is 0.346 e. The molecule has 27 heavy (non-hydrogen) atoms. The summed E-state index contributed by atoms with van der Waals surface area (Å²) in [6, 6.07) is 11.5. The predicted molar refractivity (Wildman–Crippen MR) is 104 cm³/mol. The van der Waals surface area contributed by atoms with Gasteiger partial charge in [-0.05, 0) is 42.0 Å². The van der Waals surface area contributed by atoms with Crippen molar-refractivity contribution in [2.24, 2.45) is 0 Å². The van der Waals surface area contributed by atoms with E-state index in [4.69, 9.17) is 27.7 Å². The molecule has 0 radical (unpaired) electrons. The van der Waals surface area contributed by atoms with Crippen molar-refractivity contribution in [1.82, 2.24) is 15.5 Å². The van der Waals surface area contributed by atoms with Crippen LogP contribution in [0.4, 0.5) is 4.39 Å². The van der Waals surface area contributed by atoms with Crippen molar-refractivity contribution in [2.45, 2.75) is 12.3 Å². The van der Waals surface area contributed by atoms with E-state index in [0.29, 0.717) is 33.1 Å². The first kappa shape index (κ1) is 19.7. The van der Waals surface area contributed by atoms with Gasteiger partial charge in [-0.15, -0.1) is 11.8 Å². The second kappa shape index (κ2) is 9.21. The Morgan fingerprint density at radius 1 is 1.15 bits per heavy atom. The summed E-state index contributed by atoms with van der Waals surface area (Å²) < 4.78 is 18.8. The van der Waals surface area contributed by atoms with Crippen molar-refractivity contribution in [3.63, 3.8) is 0 Å². The van der Waals surface area contributed by atoms with Gasteiger partial charge in [0.15, 0.2) is 0 Å². The maximum absolute atomic E-state index is 13.7. The average Bonchev–Trinajstić information content (AvgIpc) is 3.11. The lowest BCUT2D eigenvalue weighted by atomic mass is 10.2. The molecule has 3 aromatic rings. The number of carbonyl (C=O) groups is 1. The topological polar surface area (TPSA) is 68.0 Å². The fourth-order valence-electron chi connectivity index (χ4n) is 2.16. The van der Waals surface area contributed by atoms with E-state index in [1.165, 1.54) is 17.8 Å². The molecule has 0 aliphatic rings. The van der Waals surface area contributed by atoms with Gasteiger partial charge in [0.25, 0.3) is 0 Å². The van der Waals surface area contributed by atoms with Crippen LogP contribution in [0.2, 0.25) is 10.0 Å². The molecule has 1 amide bonds. The Labute approximate surface area is 169 Å². The summed E-state index contributed by atoms with van der Waals surface area (Å²) in [4.78, 5) is 16.1. The van der Waals surface area contributed by atoms with Gasteiger partial charge in [-0.2, -0.15) is 4.98 Å². The molecule has 0 aliphatic carbocycles. The zero-order valence-corrected chi connectivity index (χ0v) is 16.2. The van der Waals surface area contributed by atoms with Crippen LogP contribution in [-0.4, -0.2) is 21.8 Å². The van der Waals surface area contributed by atoms with E-state index in [1.807, 2.05) is 0 Å². The Morgan fingerprint density at radius 3 is 2.63 bits per heavy atom. The molecule has 1 aromatic heterocycles. The maximum Gasteiger partial charge on any atom is 0.246 e. The van der Waals surface area contributed by atoms with Crippen LogP contribution < -0.4 is 5.32 Å². The first-order valence-corrected chi connectivity index (χ1v) is 9.79. The molecule has 1 N–H and O–H groups in total. The molecule has 2 aromatic carbocycles. The van der Waals surface area contributed by atoms with Gasteiger partial charge >= 0.3 is 0 Å². The summed E-state index contributed by atoms with van der Waals surface area (Å²) in [6.45, 7) is 0.120. The molecule has 5 nitrogen and oxygen atoms in total. The number of rotatable bonds is 7. The van der Waals surface area contributed by atoms with Crippen LogP contribution in [0.5, 0.6) is 0 Å². The molecule has 0 saturated heterocycles. The second-order valence-corrected chi connectivity index (χ2v) is 7.38. The van der Waals surface area contributed by atoms with Gasteiger partial charge in [0.05, 0.1) is 12.3 Å². The first-order valence-electron chi connectivity index (χ1n) is 7.88. The van der Waals surface area contributed by atoms with Crippen LogP contribution in [0, 0.1) is 5.82 Å². The van der Waals surface area contributed by atoms with E-state index >= 15 is 0 Å². The third kappa shape index (κ3) is 5.69. The monoisotopic (exact) mass is 425 g/mol. The van der Waals surface area contributed by atoms with Crippen molar-refractivity contribution in [2.75, 3.05) is 5.75 Å². The Bertz CT molecular complexity index is 935. The van der Waals surface area contributed by atoms with Gasteiger partial charge in [0, 0.05) is 21.4 Å². The molecule has 0 aliphatic heterocycles. The Balaban J connectivity index is 1.44. The van der Waals surface area contributed by atoms with Gasteiger partial charge in [-0.1, -0.05) is 34.4 Å². The van der Waals surface area contributed by atoms with Gasteiger partial charge < -0.3 is 9.84 Å². The molecule has 0 unspecified atom stereocenters. The summed E-state index contributed by atoms with van der Waals surface area (Å²) in [5.74, 6) is 0.681. The van der Waals surface area contributed by atoms with Crippen LogP contribution in [-0.2, 0) is 17.1 Å². The fraction of sp³-hybridized carbons (Fsp3) is 0.167. The smallest absolute Gasteiger partial charge is 0.246 e. The molecular formula is C18H14Cl2FN3O2S. The number of hydrogen-bond acceptors (Lipinski definition) is 5. The Morgan fingerprint density at radius 2 is 1.89 bits per heavy atom. The number of nitrogens with one attached hydrogen (secondary N) is 1. The van der Waals surface area contributed by atoms with E-state index < -0.39 is 0 Å². The van der Waals surface area contributed by atoms with Gasteiger partial charge in [0.1, 0.15) is 5.82 Å². The quantitative estimate of drug-likeness (QED) is 0.592. The Kier molecular flexibility index (Phi) is 6.71. The normalized spacial score (nSPS) is 10.8. The number of amides is 1. The molecular weight excluding hydrogens is 412 g/mol. The van der Waals surface area contributed by atoms with Crippen molar-refractivity contribution in [1.29, 1.82) is 0 Å². The standard InChI is InChI=1S/C18H14Cl2FN3O2S/c19-13-4-1-11(2-5-13)18-23-17(26-24-18)8-22-16(25)10-27-9-12-3-6-14(20)7-15(12)21/h1-7H,8-10H2,(H,22,25). The van der Waals surface area contributed by atoms with Crippen molar-refractivity contribution >= 4 is 40.9 Å². The van der Waals surface area contributed by atoms with E-state index in [-0.39, 0.29) is 24.0 Å². The number of thioether (sulfide) groups is 1. The van der Waals surface area contributed by atoms with Crippen LogP contribution in [0.15, 0.2) is 47.0 Å². The zero-order chi connectivity index (χ0) is 19.2. The predicted octanol–water partition coefficient (Wildman–Crippen LogP) is 4.73. The molecule has 9 heteroatoms. The molecule has 0 fully saturated rings. The highest BCUT2D eigenvalue weighted by atomic mass is 35.5. The van der Waals surface area contributed by atoms with Crippen LogP contribution in [0.1, 0.15) is 11.5 Å². The molecule has 0 saturated carbocycles. The lowest BCUT2D eigenvalue weighted by molar-refractivity contribution is -0.118. The van der Waals surface area contributed by atoms with E-state index in [9.17, 15) is 9.18 Å². The summed E-state index contributed by atoms with van der Waals surface area (Å²) >= 11 is 12.9. The first-order chi connectivity index (χ1) is 13.0. The molecule has 1 heterocycles. The van der Waals surface area contributed by atoms with Gasteiger partial charge in [-0.3, -0.25) is 4.79 Å². The van der Waals surface area contributed by atoms with Crippen molar-refractivity contribution < 1.29 is 13.7 Å². The minimum absolute atomic E-state index is 0.120. The third-order valence-corrected chi connectivity index (χ3v) is 4.98. The highest BCUT2D eigenvalue weighted by Crippen LogP contribution is 2.20. The molecule has 0 bridgehead atoms. The number of carbonyl (C=O) groups excluding carboxylic acids is 1. The highest BCUT2D eigenvalue weighted by molar-refractivity contribution is 7.99. The highest BCUT2D eigenvalue weighted by Gasteiger charge is 2.10. The van der Waals surface area contributed by atoms with Crippen molar-refractivity contribution in [3.05, 3.63) is 69.8 Å². The average molecular weight is 426 g/mol. The lowest BCUT2D eigenvalue weighted by Gasteiger charge is -2.04. The van der Waals surface area contributed by atoms with Gasteiger partial charge in [-0.25, -0.2) is 4.39 Å². The molecule has 0 spiro atoms. The fourth-order valence-corrected chi connectivity index (χ4v) is 3.29. The minimum Gasteiger partial charge on any atom is -0.346 e. The van der Waals surface area contributed by atoms with Crippen LogP contribution in [0.3, 0.4) is 0 Å². The van der Waals surface area contributed by atoms with Crippen LogP contribution in [0.25, 0.3) is 11.4 Å². The van der Waals surface area contributed by atoms with Crippen LogP contribution >= 0.6 is 35.0 Å². The number of nitrogens with zero attached hydrogens (tertiary/aromatic N) is 2. The van der Waals surface area contributed by atoms with E-state index in [1.54, 1.807) is 36.4 Å². The molecule has 0 atom stereocenters. The summed E-state index contributed by atoms with van der Waals surface area (Å²) in [6.07, 6.45) is 0. The van der Waals surface area contributed by atoms with E-state index in [0.717, 1.165) is 5.56 Å². The number of halogens is 3. The SMILES string of the molecule is O=C(CSCc1ccc(Cl)cc1F)NCc1nc(-c2ccc(Cl)cc2)no1. The number of aromatic nitrogens is 2. The number of hydrogen-bond donors (Lipinski definition) is 1. The summed E-state index contributed by atoms with van der Waals surface area (Å²) in [7, 11) is 0. The molecule has 3 rings (SSSR count). The second-order valence-electron chi connectivity index (χ2n) is 5.52. The minimum atomic E-state index is -0.379. The van der Waals surface area contributed by atoms with E-state index in [2.05, 4.69) is 15.5 Å². The lowest BCUT2D eigenvalue weighted by Crippen LogP contribution is -2.24. The molecule has 140 valence electrons. The van der Waals surface area contributed by atoms with Gasteiger partial charge in [0.2, 0.25) is 17.6 Å². The summed E-state index contributed by atoms with van der Waals surface area (Å²) in [5.41, 5.74) is 1.27. The third-order valence-electron chi connectivity index (χ3n) is 3.51. The maximum atomic E-state index is 13.7. The number of benzene rings is 2. The zero-order valence-electron chi connectivity index (χ0n) is 13.9. The Hall–Kier alpha value is -2.09. The van der Waals surface area contributed by atoms with Crippen molar-refractivity contribution in [3.8, 4) is 11.4 Å². The summed E-state index contributed by atoms with van der Waals surface area (Å²) in [5, 5.41) is 7.53.